The van der Waals surface area contributed by atoms with E-state index in [1.165, 1.54) is 4.90 Å². The molecular formula is C15H20N2O3. The molecule has 2 amide bonds. The van der Waals surface area contributed by atoms with Crippen molar-refractivity contribution in [2.24, 2.45) is 11.7 Å². The summed E-state index contributed by atoms with van der Waals surface area (Å²) in [5.74, 6) is 0.292. The van der Waals surface area contributed by atoms with Crippen molar-refractivity contribution in [3.05, 3.63) is 29.8 Å². The second-order valence-corrected chi connectivity index (χ2v) is 5.06. The van der Waals surface area contributed by atoms with Crippen molar-refractivity contribution in [3.8, 4) is 5.75 Å². The zero-order valence-electron chi connectivity index (χ0n) is 11.8. The number of amides is 2. The fourth-order valence-electron chi connectivity index (χ4n) is 2.32. The van der Waals surface area contributed by atoms with Crippen LogP contribution in [0.4, 0.5) is 0 Å². The summed E-state index contributed by atoms with van der Waals surface area (Å²) in [6.07, 6.45) is 0.287. The van der Waals surface area contributed by atoms with E-state index >= 15 is 0 Å². The Morgan fingerprint density at radius 1 is 1.35 bits per heavy atom. The number of ether oxygens (including phenoxy) is 1. The summed E-state index contributed by atoms with van der Waals surface area (Å²) in [4.78, 5) is 24.9. The van der Waals surface area contributed by atoms with E-state index in [0.29, 0.717) is 6.61 Å². The normalized spacial score (nSPS) is 20.4. The van der Waals surface area contributed by atoms with Crippen LogP contribution >= 0.6 is 0 Å². The van der Waals surface area contributed by atoms with Gasteiger partial charge in [0, 0.05) is 24.9 Å². The van der Waals surface area contributed by atoms with Gasteiger partial charge < -0.3 is 10.5 Å². The number of likely N-dealkylation sites (tertiary alicyclic amines) is 1. The number of hydrogen-bond donors (Lipinski definition) is 1. The summed E-state index contributed by atoms with van der Waals surface area (Å²) in [6.45, 7) is 4.53. The predicted octanol–water partition coefficient (Wildman–Crippen LogP) is 1.48. The largest absolute Gasteiger partial charge is 0.494 e. The minimum absolute atomic E-state index is 0.128. The molecule has 0 radical (unpaired) electrons. The van der Waals surface area contributed by atoms with E-state index < -0.39 is 0 Å². The van der Waals surface area contributed by atoms with Gasteiger partial charge in [-0.05, 0) is 24.6 Å². The van der Waals surface area contributed by atoms with Gasteiger partial charge in [-0.15, -0.1) is 0 Å². The lowest BCUT2D eigenvalue weighted by molar-refractivity contribution is -0.139. The van der Waals surface area contributed by atoms with Crippen LogP contribution in [0.2, 0.25) is 0 Å². The number of nitrogens with two attached hydrogens (primary N) is 1. The summed E-state index contributed by atoms with van der Waals surface area (Å²) in [7, 11) is 0. The van der Waals surface area contributed by atoms with Gasteiger partial charge in [-0.2, -0.15) is 0 Å². The van der Waals surface area contributed by atoms with E-state index in [1.54, 1.807) is 6.92 Å². The van der Waals surface area contributed by atoms with E-state index in [4.69, 9.17) is 10.5 Å². The van der Waals surface area contributed by atoms with Gasteiger partial charge in [0.25, 0.3) is 0 Å². The van der Waals surface area contributed by atoms with Crippen molar-refractivity contribution < 1.29 is 14.3 Å². The van der Waals surface area contributed by atoms with Gasteiger partial charge in [-0.3, -0.25) is 14.5 Å². The molecule has 1 saturated heterocycles. The van der Waals surface area contributed by atoms with Crippen LogP contribution in [0, 0.1) is 5.92 Å². The van der Waals surface area contributed by atoms with Crippen LogP contribution in [0.15, 0.2) is 24.3 Å². The standard InChI is InChI=1S/C15H20N2O3/c1-3-20-12-6-4-11(5-7-12)13(16)9-17-14(18)8-10(2)15(17)19/h4-7,10,13H,3,8-9,16H2,1-2H3. The highest BCUT2D eigenvalue weighted by atomic mass is 16.5. The lowest BCUT2D eigenvalue weighted by Gasteiger charge is -2.20. The number of imide groups is 1. The molecule has 2 atom stereocenters. The molecule has 1 fully saturated rings. The topological polar surface area (TPSA) is 72.6 Å². The summed E-state index contributed by atoms with van der Waals surface area (Å²) in [5.41, 5.74) is 6.96. The third-order valence-electron chi connectivity index (χ3n) is 3.47. The SMILES string of the molecule is CCOc1ccc(C(N)CN2C(=O)CC(C)C2=O)cc1. The highest BCUT2D eigenvalue weighted by Gasteiger charge is 2.36. The first-order chi connectivity index (χ1) is 9.52. The Hall–Kier alpha value is -1.88. The molecule has 2 unspecified atom stereocenters. The van der Waals surface area contributed by atoms with Crippen molar-refractivity contribution in [1.82, 2.24) is 4.90 Å². The maximum Gasteiger partial charge on any atom is 0.232 e. The molecule has 1 aliphatic rings. The van der Waals surface area contributed by atoms with Crippen molar-refractivity contribution in [1.29, 1.82) is 0 Å². The van der Waals surface area contributed by atoms with E-state index in [9.17, 15) is 9.59 Å². The Morgan fingerprint density at radius 2 is 2.00 bits per heavy atom. The van der Waals surface area contributed by atoms with E-state index in [2.05, 4.69) is 0 Å². The number of carbonyl (C=O) groups excluding carboxylic acids is 2. The van der Waals surface area contributed by atoms with Crippen LogP contribution in [-0.2, 0) is 9.59 Å². The molecule has 2 N–H and O–H groups in total. The molecule has 0 aromatic heterocycles. The van der Waals surface area contributed by atoms with Crippen molar-refractivity contribution in [2.45, 2.75) is 26.3 Å². The van der Waals surface area contributed by atoms with E-state index in [0.717, 1.165) is 11.3 Å². The van der Waals surface area contributed by atoms with Crippen molar-refractivity contribution >= 4 is 11.8 Å². The molecule has 1 aromatic carbocycles. The molecule has 5 nitrogen and oxygen atoms in total. The fraction of sp³-hybridized carbons (Fsp3) is 0.467. The number of benzene rings is 1. The van der Waals surface area contributed by atoms with E-state index in [-0.39, 0.29) is 36.7 Å². The van der Waals surface area contributed by atoms with Gasteiger partial charge >= 0.3 is 0 Å². The molecule has 0 saturated carbocycles. The summed E-state index contributed by atoms with van der Waals surface area (Å²) >= 11 is 0. The Morgan fingerprint density at radius 3 is 2.50 bits per heavy atom. The average Bonchev–Trinajstić information content (AvgIpc) is 2.66. The minimum atomic E-state index is -0.371. The molecular weight excluding hydrogens is 256 g/mol. The van der Waals surface area contributed by atoms with Crippen molar-refractivity contribution in [2.75, 3.05) is 13.2 Å². The molecule has 0 spiro atoms. The number of nitrogens with zero attached hydrogens (tertiary/aromatic N) is 1. The van der Waals surface area contributed by atoms with Gasteiger partial charge in [0.2, 0.25) is 11.8 Å². The fourth-order valence-corrected chi connectivity index (χ4v) is 2.32. The quantitative estimate of drug-likeness (QED) is 0.827. The first kappa shape index (κ1) is 14.5. The van der Waals surface area contributed by atoms with Crippen LogP contribution in [0.25, 0.3) is 0 Å². The third-order valence-corrected chi connectivity index (χ3v) is 3.47. The Balaban J connectivity index is 2.02. The summed E-state index contributed by atoms with van der Waals surface area (Å²) < 4.78 is 5.36. The Kier molecular flexibility index (Phi) is 4.39. The van der Waals surface area contributed by atoms with Crippen LogP contribution < -0.4 is 10.5 Å². The zero-order chi connectivity index (χ0) is 14.7. The zero-order valence-corrected chi connectivity index (χ0v) is 11.8. The van der Waals surface area contributed by atoms with Gasteiger partial charge in [-0.25, -0.2) is 0 Å². The number of rotatable bonds is 5. The molecule has 5 heteroatoms. The molecule has 20 heavy (non-hydrogen) atoms. The number of hydrogen-bond acceptors (Lipinski definition) is 4. The molecule has 1 aromatic rings. The lowest BCUT2D eigenvalue weighted by atomic mass is 10.1. The summed E-state index contributed by atoms with van der Waals surface area (Å²) in [5, 5.41) is 0. The van der Waals surface area contributed by atoms with Crippen LogP contribution in [0.5, 0.6) is 5.75 Å². The first-order valence-electron chi connectivity index (χ1n) is 6.85. The second-order valence-electron chi connectivity index (χ2n) is 5.06. The minimum Gasteiger partial charge on any atom is -0.494 e. The monoisotopic (exact) mass is 276 g/mol. The molecule has 108 valence electrons. The molecule has 1 heterocycles. The molecule has 1 aliphatic heterocycles. The van der Waals surface area contributed by atoms with Gasteiger partial charge in [-0.1, -0.05) is 19.1 Å². The first-order valence-corrected chi connectivity index (χ1v) is 6.85. The van der Waals surface area contributed by atoms with Crippen LogP contribution in [0.1, 0.15) is 31.9 Å². The maximum atomic E-state index is 11.9. The highest BCUT2D eigenvalue weighted by molar-refractivity contribution is 6.03. The summed E-state index contributed by atoms with van der Waals surface area (Å²) in [6, 6.07) is 7.04. The lowest BCUT2D eigenvalue weighted by Crippen LogP contribution is -2.36. The van der Waals surface area contributed by atoms with Gasteiger partial charge in [0.1, 0.15) is 5.75 Å². The average molecular weight is 276 g/mol. The van der Waals surface area contributed by atoms with Crippen LogP contribution in [-0.4, -0.2) is 29.9 Å². The van der Waals surface area contributed by atoms with Gasteiger partial charge in [0.05, 0.1) is 6.61 Å². The van der Waals surface area contributed by atoms with E-state index in [1.807, 2.05) is 31.2 Å². The molecule has 0 aliphatic carbocycles. The molecule has 2 rings (SSSR count). The van der Waals surface area contributed by atoms with Crippen molar-refractivity contribution in [3.63, 3.8) is 0 Å². The molecule has 0 bridgehead atoms. The predicted molar refractivity (Wildman–Crippen MR) is 75.0 cm³/mol. The second kappa shape index (κ2) is 6.05. The number of carbonyl (C=O) groups is 2. The van der Waals surface area contributed by atoms with Crippen LogP contribution in [0.3, 0.4) is 0 Å². The third kappa shape index (κ3) is 2.99. The Labute approximate surface area is 118 Å². The van der Waals surface area contributed by atoms with Gasteiger partial charge in [0.15, 0.2) is 0 Å². The highest BCUT2D eigenvalue weighted by Crippen LogP contribution is 2.23. The Bertz CT molecular complexity index is 498. The maximum absolute atomic E-state index is 11.9. The smallest absolute Gasteiger partial charge is 0.232 e.